The van der Waals surface area contributed by atoms with Crippen molar-refractivity contribution in [1.82, 2.24) is 9.88 Å². The maximum Gasteiger partial charge on any atom is 0.254 e. The summed E-state index contributed by atoms with van der Waals surface area (Å²) in [4.78, 5) is 30.7. The van der Waals surface area contributed by atoms with Crippen molar-refractivity contribution < 1.29 is 18.7 Å². The zero-order chi connectivity index (χ0) is 21.1. The van der Waals surface area contributed by atoms with E-state index in [4.69, 9.17) is 14.9 Å². The Balaban J connectivity index is 1.57. The number of hydrogen-bond acceptors (Lipinski definition) is 5. The van der Waals surface area contributed by atoms with Gasteiger partial charge in [0.1, 0.15) is 5.75 Å². The van der Waals surface area contributed by atoms with Crippen molar-refractivity contribution in [1.29, 1.82) is 0 Å². The summed E-state index contributed by atoms with van der Waals surface area (Å²) >= 11 is 0. The molecular formula is C23H23N3O4. The smallest absolute Gasteiger partial charge is 0.254 e. The van der Waals surface area contributed by atoms with Crippen LogP contribution in [-0.4, -0.2) is 41.9 Å². The Morgan fingerprint density at radius 3 is 2.47 bits per heavy atom. The minimum Gasteiger partial charge on any atom is -0.497 e. The number of methoxy groups -OCH3 is 1. The van der Waals surface area contributed by atoms with Crippen molar-refractivity contribution in [2.75, 3.05) is 20.2 Å². The molecule has 2 heterocycles. The van der Waals surface area contributed by atoms with Crippen LogP contribution in [0.4, 0.5) is 0 Å². The van der Waals surface area contributed by atoms with Crippen molar-refractivity contribution in [3.8, 4) is 28.5 Å². The topological polar surface area (TPSA) is 98.7 Å². The number of nitrogens with zero attached hydrogens (tertiary/aromatic N) is 2. The maximum absolute atomic E-state index is 13.1. The summed E-state index contributed by atoms with van der Waals surface area (Å²) in [5.41, 5.74) is 7.43. The molecule has 1 aliphatic heterocycles. The molecule has 1 aliphatic rings. The van der Waals surface area contributed by atoms with Crippen molar-refractivity contribution in [2.24, 2.45) is 11.7 Å². The SMILES string of the molecule is COc1ccc(-c2cnc(-c3ccccc3C(=O)N3CCC(C(N)=O)CC3)o2)cc1. The molecule has 2 amide bonds. The second-order valence-electron chi connectivity index (χ2n) is 7.27. The van der Waals surface area contributed by atoms with Crippen LogP contribution in [0, 0.1) is 5.92 Å². The Morgan fingerprint density at radius 2 is 1.80 bits per heavy atom. The van der Waals surface area contributed by atoms with Crippen LogP contribution < -0.4 is 10.5 Å². The van der Waals surface area contributed by atoms with Gasteiger partial charge in [-0.25, -0.2) is 4.98 Å². The number of benzene rings is 2. The van der Waals surface area contributed by atoms with Gasteiger partial charge in [-0.2, -0.15) is 0 Å². The lowest BCUT2D eigenvalue weighted by molar-refractivity contribution is -0.123. The zero-order valence-electron chi connectivity index (χ0n) is 16.7. The molecule has 0 atom stereocenters. The first-order valence-corrected chi connectivity index (χ1v) is 9.85. The summed E-state index contributed by atoms with van der Waals surface area (Å²) in [7, 11) is 1.62. The summed E-state index contributed by atoms with van der Waals surface area (Å²) in [6.07, 6.45) is 2.82. The van der Waals surface area contributed by atoms with Gasteiger partial charge < -0.3 is 19.8 Å². The van der Waals surface area contributed by atoms with Gasteiger partial charge in [-0.15, -0.1) is 0 Å². The molecular weight excluding hydrogens is 382 g/mol. The minimum absolute atomic E-state index is 0.0993. The van der Waals surface area contributed by atoms with E-state index in [-0.39, 0.29) is 17.7 Å². The van der Waals surface area contributed by atoms with Crippen LogP contribution in [0.1, 0.15) is 23.2 Å². The molecule has 7 nitrogen and oxygen atoms in total. The van der Waals surface area contributed by atoms with Crippen molar-refractivity contribution in [2.45, 2.75) is 12.8 Å². The van der Waals surface area contributed by atoms with Gasteiger partial charge in [0, 0.05) is 30.1 Å². The lowest BCUT2D eigenvalue weighted by atomic mass is 9.95. The van der Waals surface area contributed by atoms with E-state index >= 15 is 0 Å². The molecule has 0 saturated carbocycles. The Kier molecular flexibility index (Phi) is 5.52. The Morgan fingerprint density at radius 1 is 1.10 bits per heavy atom. The number of primary amides is 1. The zero-order valence-corrected chi connectivity index (χ0v) is 16.7. The van der Waals surface area contributed by atoms with Gasteiger partial charge in [0.15, 0.2) is 5.76 Å². The molecule has 1 fully saturated rings. The quantitative estimate of drug-likeness (QED) is 0.702. The van der Waals surface area contributed by atoms with Crippen LogP contribution in [0.3, 0.4) is 0 Å². The fourth-order valence-corrected chi connectivity index (χ4v) is 3.68. The highest BCUT2D eigenvalue weighted by Crippen LogP contribution is 2.30. The van der Waals surface area contributed by atoms with E-state index in [1.54, 1.807) is 24.3 Å². The van der Waals surface area contributed by atoms with Crippen LogP contribution in [-0.2, 0) is 4.79 Å². The highest BCUT2D eigenvalue weighted by molar-refractivity contribution is 6.00. The van der Waals surface area contributed by atoms with E-state index in [1.165, 1.54) is 0 Å². The van der Waals surface area contributed by atoms with Crippen LogP contribution in [0.2, 0.25) is 0 Å². The molecule has 0 aliphatic carbocycles. The van der Waals surface area contributed by atoms with E-state index in [9.17, 15) is 9.59 Å². The average Bonchev–Trinajstić information content (AvgIpc) is 3.29. The molecule has 0 spiro atoms. The molecule has 154 valence electrons. The van der Waals surface area contributed by atoms with Crippen molar-refractivity contribution in [3.63, 3.8) is 0 Å². The lowest BCUT2D eigenvalue weighted by Gasteiger charge is -2.31. The second kappa shape index (κ2) is 8.41. The summed E-state index contributed by atoms with van der Waals surface area (Å²) in [6.45, 7) is 1.01. The van der Waals surface area contributed by atoms with E-state index in [2.05, 4.69) is 4.98 Å². The van der Waals surface area contributed by atoms with Gasteiger partial charge in [0.2, 0.25) is 11.8 Å². The van der Waals surface area contributed by atoms with Gasteiger partial charge in [0.25, 0.3) is 5.91 Å². The largest absolute Gasteiger partial charge is 0.497 e. The van der Waals surface area contributed by atoms with Gasteiger partial charge in [0.05, 0.1) is 18.9 Å². The van der Waals surface area contributed by atoms with Gasteiger partial charge in [-0.3, -0.25) is 9.59 Å². The summed E-state index contributed by atoms with van der Waals surface area (Å²) in [5, 5.41) is 0. The number of aromatic nitrogens is 1. The third-order valence-corrected chi connectivity index (χ3v) is 5.45. The number of carbonyl (C=O) groups excluding carboxylic acids is 2. The minimum atomic E-state index is -0.298. The lowest BCUT2D eigenvalue weighted by Crippen LogP contribution is -2.41. The number of ether oxygens (including phenoxy) is 1. The Bertz CT molecular complexity index is 1050. The first-order valence-electron chi connectivity index (χ1n) is 9.85. The predicted octanol–water partition coefficient (Wildman–Crippen LogP) is 3.35. The summed E-state index contributed by atoms with van der Waals surface area (Å²) in [6, 6.07) is 14.8. The third kappa shape index (κ3) is 3.91. The van der Waals surface area contributed by atoms with Crippen LogP contribution >= 0.6 is 0 Å². The normalized spacial score (nSPS) is 14.5. The molecule has 7 heteroatoms. The first-order chi connectivity index (χ1) is 14.6. The molecule has 30 heavy (non-hydrogen) atoms. The second-order valence-corrected chi connectivity index (χ2v) is 7.27. The molecule has 1 saturated heterocycles. The van der Waals surface area contributed by atoms with Gasteiger partial charge >= 0.3 is 0 Å². The molecule has 0 radical (unpaired) electrons. The molecule has 0 bridgehead atoms. The standard InChI is InChI=1S/C23H23N3O4/c1-29-17-8-6-15(7-9-17)20-14-25-22(30-20)18-4-2-3-5-19(18)23(28)26-12-10-16(11-13-26)21(24)27/h2-9,14,16H,10-13H2,1H3,(H2,24,27). The number of nitrogens with two attached hydrogens (primary N) is 1. The molecule has 2 aromatic carbocycles. The number of piperidine rings is 1. The fourth-order valence-electron chi connectivity index (χ4n) is 3.68. The Labute approximate surface area is 174 Å². The van der Waals surface area contributed by atoms with E-state index in [1.807, 2.05) is 42.5 Å². The average molecular weight is 405 g/mol. The predicted molar refractivity (Wildman–Crippen MR) is 112 cm³/mol. The molecule has 0 unspecified atom stereocenters. The van der Waals surface area contributed by atoms with Crippen LogP contribution in [0.25, 0.3) is 22.8 Å². The third-order valence-electron chi connectivity index (χ3n) is 5.45. The number of rotatable bonds is 5. The highest BCUT2D eigenvalue weighted by atomic mass is 16.5. The van der Waals surface area contributed by atoms with Crippen LogP contribution in [0.5, 0.6) is 5.75 Å². The first kappa shape index (κ1) is 19.7. The van der Waals surface area contributed by atoms with Crippen molar-refractivity contribution >= 4 is 11.8 Å². The molecule has 4 rings (SSSR count). The number of hydrogen-bond donors (Lipinski definition) is 1. The molecule has 3 aromatic rings. The number of carbonyl (C=O) groups is 2. The van der Waals surface area contributed by atoms with E-state index in [0.717, 1.165) is 11.3 Å². The Hall–Kier alpha value is -3.61. The summed E-state index contributed by atoms with van der Waals surface area (Å²) in [5.74, 6) is 1.19. The molecule has 1 aromatic heterocycles. The number of oxazole rings is 1. The number of amides is 2. The monoisotopic (exact) mass is 405 g/mol. The summed E-state index contributed by atoms with van der Waals surface area (Å²) < 4.78 is 11.2. The number of likely N-dealkylation sites (tertiary alicyclic amines) is 1. The van der Waals surface area contributed by atoms with Gasteiger partial charge in [-0.1, -0.05) is 12.1 Å². The van der Waals surface area contributed by atoms with E-state index < -0.39 is 0 Å². The molecule has 2 N–H and O–H groups in total. The van der Waals surface area contributed by atoms with Crippen LogP contribution in [0.15, 0.2) is 59.1 Å². The fraction of sp³-hybridized carbons (Fsp3) is 0.261. The van der Waals surface area contributed by atoms with Gasteiger partial charge in [-0.05, 0) is 49.2 Å². The van der Waals surface area contributed by atoms with Crippen molar-refractivity contribution in [3.05, 3.63) is 60.3 Å². The van der Waals surface area contributed by atoms with E-state index in [0.29, 0.717) is 48.7 Å². The maximum atomic E-state index is 13.1. The highest BCUT2D eigenvalue weighted by Gasteiger charge is 2.28.